The average Bonchev–Trinajstić information content (AvgIpc) is 2.44. The standard InChI is InChI=1S/C18H25NO/c1-14(2)19-11-13-20-12-10-17-15(3)8-9-16-6-4-5-7-18(16)17/h4-9,14,19H,10-13H2,1-3H3. The van der Waals surface area contributed by atoms with Gasteiger partial charge in [0.1, 0.15) is 0 Å². The van der Waals surface area contributed by atoms with Gasteiger partial charge in [0.15, 0.2) is 0 Å². The molecule has 0 heterocycles. The van der Waals surface area contributed by atoms with Crippen LogP contribution in [0.5, 0.6) is 0 Å². The number of nitrogens with one attached hydrogen (secondary N) is 1. The zero-order valence-corrected chi connectivity index (χ0v) is 12.8. The maximum atomic E-state index is 5.73. The maximum Gasteiger partial charge on any atom is 0.0591 e. The van der Waals surface area contributed by atoms with Crippen LogP contribution in [0.3, 0.4) is 0 Å². The molecule has 0 aliphatic carbocycles. The summed E-state index contributed by atoms with van der Waals surface area (Å²) in [5, 5.41) is 6.03. The highest BCUT2D eigenvalue weighted by molar-refractivity contribution is 5.86. The van der Waals surface area contributed by atoms with Gasteiger partial charge in [0, 0.05) is 12.6 Å². The van der Waals surface area contributed by atoms with Crippen LogP contribution < -0.4 is 5.32 Å². The van der Waals surface area contributed by atoms with E-state index in [0.29, 0.717) is 6.04 Å². The van der Waals surface area contributed by atoms with Crippen LogP contribution >= 0.6 is 0 Å². The fraction of sp³-hybridized carbons (Fsp3) is 0.444. The lowest BCUT2D eigenvalue weighted by atomic mass is 9.98. The van der Waals surface area contributed by atoms with Crippen LogP contribution in [0.15, 0.2) is 36.4 Å². The second-order valence-corrected chi connectivity index (χ2v) is 5.55. The van der Waals surface area contributed by atoms with Crippen molar-refractivity contribution in [1.29, 1.82) is 0 Å². The second kappa shape index (κ2) is 7.41. The van der Waals surface area contributed by atoms with E-state index in [1.165, 1.54) is 21.9 Å². The Morgan fingerprint density at radius 2 is 1.85 bits per heavy atom. The monoisotopic (exact) mass is 271 g/mol. The fourth-order valence-corrected chi connectivity index (χ4v) is 2.47. The molecule has 0 amide bonds. The third kappa shape index (κ3) is 4.06. The third-order valence-electron chi connectivity index (χ3n) is 3.57. The molecule has 20 heavy (non-hydrogen) atoms. The Bertz CT molecular complexity index is 548. The van der Waals surface area contributed by atoms with Gasteiger partial charge in [0.2, 0.25) is 0 Å². The predicted molar refractivity (Wildman–Crippen MR) is 86.3 cm³/mol. The van der Waals surface area contributed by atoms with E-state index in [1.54, 1.807) is 0 Å². The number of fused-ring (bicyclic) bond motifs is 1. The maximum absolute atomic E-state index is 5.73. The highest BCUT2D eigenvalue weighted by Crippen LogP contribution is 2.22. The number of rotatable bonds is 7. The van der Waals surface area contributed by atoms with Crippen LogP contribution in [0.2, 0.25) is 0 Å². The van der Waals surface area contributed by atoms with E-state index in [0.717, 1.165) is 26.2 Å². The highest BCUT2D eigenvalue weighted by atomic mass is 16.5. The predicted octanol–water partition coefficient (Wildman–Crippen LogP) is 3.71. The van der Waals surface area contributed by atoms with Crippen molar-refractivity contribution in [2.24, 2.45) is 0 Å². The van der Waals surface area contributed by atoms with Crippen LogP contribution in [0.4, 0.5) is 0 Å². The minimum absolute atomic E-state index is 0.527. The summed E-state index contributed by atoms with van der Waals surface area (Å²) in [5.41, 5.74) is 2.77. The molecule has 2 rings (SSSR count). The van der Waals surface area contributed by atoms with E-state index in [4.69, 9.17) is 4.74 Å². The molecule has 2 aromatic rings. The molecule has 2 nitrogen and oxygen atoms in total. The summed E-state index contributed by atoms with van der Waals surface area (Å²) < 4.78 is 5.73. The third-order valence-corrected chi connectivity index (χ3v) is 3.57. The van der Waals surface area contributed by atoms with Gasteiger partial charge in [-0.15, -0.1) is 0 Å². The lowest BCUT2D eigenvalue weighted by Crippen LogP contribution is -2.26. The summed E-state index contributed by atoms with van der Waals surface area (Å²) >= 11 is 0. The van der Waals surface area contributed by atoms with Gasteiger partial charge in [-0.2, -0.15) is 0 Å². The van der Waals surface area contributed by atoms with Gasteiger partial charge in [-0.05, 0) is 35.2 Å². The van der Waals surface area contributed by atoms with Crippen LogP contribution in [-0.2, 0) is 11.2 Å². The molecule has 0 saturated carbocycles. The van der Waals surface area contributed by atoms with Gasteiger partial charge in [-0.3, -0.25) is 0 Å². The summed E-state index contributed by atoms with van der Waals surface area (Å²) in [6, 6.07) is 13.5. The normalized spacial score (nSPS) is 11.4. The number of ether oxygens (including phenoxy) is 1. The molecular formula is C18H25NO. The first-order valence-electron chi connectivity index (χ1n) is 7.47. The highest BCUT2D eigenvalue weighted by Gasteiger charge is 2.04. The average molecular weight is 271 g/mol. The van der Waals surface area contributed by atoms with E-state index >= 15 is 0 Å². The van der Waals surface area contributed by atoms with Gasteiger partial charge >= 0.3 is 0 Å². The molecule has 1 N–H and O–H groups in total. The van der Waals surface area contributed by atoms with Crippen molar-refractivity contribution in [2.45, 2.75) is 33.2 Å². The van der Waals surface area contributed by atoms with Gasteiger partial charge in [0.05, 0.1) is 13.2 Å². The molecule has 0 atom stereocenters. The molecule has 0 spiro atoms. The Hall–Kier alpha value is -1.38. The fourth-order valence-electron chi connectivity index (χ4n) is 2.47. The lowest BCUT2D eigenvalue weighted by molar-refractivity contribution is 0.137. The summed E-state index contributed by atoms with van der Waals surface area (Å²) in [4.78, 5) is 0. The van der Waals surface area contributed by atoms with Crippen LogP contribution in [0.1, 0.15) is 25.0 Å². The number of aryl methyl sites for hydroxylation is 1. The molecular weight excluding hydrogens is 246 g/mol. The van der Waals surface area contributed by atoms with Crippen molar-refractivity contribution >= 4 is 10.8 Å². The van der Waals surface area contributed by atoms with Gasteiger partial charge in [-0.25, -0.2) is 0 Å². The Balaban J connectivity index is 1.91. The minimum atomic E-state index is 0.527. The second-order valence-electron chi connectivity index (χ2n) is 5.55. The quantitative estimate of drug-likeness (QED) is 0.775. The van der Waals surface area contributed by atoms with Crippen LogP contribution in [-0.4, -0.2) is 25.8 Å². The van der Waals surface area contributed by atoms with E-state index in [9.17, 15) is 0 Å². The molecule has 0 unspecified atom stereocenters. The number of benzene rings is 2. The van der Waals surface area contributed by atoms with E-state index in [2.05, 4.69) is 62.5 Å². The van der Waals surface area contributed by atoms with Crippen molar-refractivity contribution in [3.05, 3.63) is 47.5 Å². The molecule has 0 aliphatic heterocycles. The summed E-state index contributed by atoms with van der Waals surface area (Å²) in [5.74, 6) is 0. The number of hydrogen-bond acceptors (Lipinski definition) is 2. The molecule has 0 aromatic heterocycles. The first-order chi connectivity index (χ1) is 9.68. The molecule has 2 aromatic carbocycles. The van der Waals surface area contributed by atoms with Crippen molar-refractivity contribution in [2.75, 3.05) is 19.8 Å². The van der Waals surface area contributed by atoms with Crippen molar-refractivity contribution in [1.82, 2.24) is 5.32 Å². The SMILES string of the molecule is Cc1ccc2ccccc2c1CCOCCNC(C)C. The molecule has 0 radical (unpaired) electrons. The zero-order chi connectivity index (χ0) is 14.4. The van der Waals surface area contributed by atoms with Crippen molar-refractivity contribution in [3.8, 4) is 0 Å². The molecule has 0 fully saturated rings. The zero-order valence-electron chi connectivity index (χ0n) is 12.8. The first kappa shape index (κ1) is 15.0. The molecule has 0 bridgehead atoms. The Kier molecular flexibility index (Phi) is 5.57. The first-order valence-corrected chi connectivity index (χ1v) is 7.47. The topological polar surface area (TPSA) is 21.3 Å². The van der Waals surface area contributed by atoms with Gasteiger partial charge in [0.25, 0.3) is 0 Å². The molecule has 0 saturated heterocycles. The lowest BCUT2D eigenvalue weighted by Gasteiger charge is -2.12. The molecule has 108 valence electrons. The smallest absolute Gasteiger partial charge is 0.0591 e. The molecule has 0 aliphatic rings. The van der Waals surface area contributed by atoms with E-state index in [1.807, 2.05) is 0 Å². The number of hydrogen-bond donors (Lipinski definition) is 1. The summed E-state index contributed by atoms with van der Waals surface area (Å²) in [7, 11) is 0. The van der Waals surface area contributed by atoms with Crippen molar-refractivity contribution in [3.63, 3.8) is 0 Å². The van der Waals surface area contributed by atoms with E-state index in [-0.39, 0.29) is 0 Å². The van der Waals surface area contributed by atoms with Gasteiger partial charge < -0.3 is 10.1 Å². The van der Waals surface area contributed by atoms with Crippen molar-refractivity contribution < 1.29 is 4.74 Å². The summed E-state index contributed by atoms with van der Waals surface area (Å²) in [6.07, 6.45) is 0.981. The minimum Gasteiger partial charge on any atom is -0.380 e. The Labute approximate surface area is 122 Å². The molecule has 2 heteroatoms. The van der Waals surface area contributed by atoms with Crippen LogP contribution in [0.25, 0.3) is 10.8 Å². The largest absolute Gasteiger partial charge is 0.380 e. The Morgan fingerprint density at radius 1 is 1.05 bits per heavy atom. The van der Waals surface area contributed by atoms with Gasteiger partial charge in [-0.1, -0.05) is 50.2 Å². The van der Waals surface area contributed by atoms with E-state index < -0.39 is 0 Å². The van der Waals surface area contributed by atoms with Crippen LogP contribution in [0, 0.1) is 6.92 Å². The summed E-state index contributed by atoms with van der Waals surface area (Å²) in [6.45, 7) is 8.98. The Morgan fingerprint density at radius 3 is 2.65 bits per heavy atom.